The summed E-state index contributed by atoms with van der Waals surface area (Å²) < 4.78 is 0. The zero-order chi connectivity index (χ0) is 46.3. The molecule has 0 bridgehead atoms. The van der Waals surface area contributed by atoms with Crippen LogP contribution in [0.2, 0.25) is 0 Å². The van der Waals surface area contributed by atoms with Crippen molar-refractivity contribution in [3.8, 4) is 34.2 Å². The van der Waals surface area contributed by atoms with Crippen molar-refractivity contribution >= 4 is 122 Å². The molecule has 0 spiro atoms. The lowest BCUT2D eigenvalue weighted by Gasteiger charge is -2.45. The Morgan fingerprint density at radius 1 is 0.296 bits per heavy atom. The molecule has 1 aromatic heterocycles. The number of aromatic nitrogens is 3. The van der Waals surface area contributed by atoms with Gasteiger partial charge in [0.2, 0.25) is 0 Å². The normalized spacial score (nSPS) is 13.0. The van der Waals surface area contributed by atoms with Gasteiger partial charge < -0.3 is 9.80 Å². The number of para-hydroxylation sites is 2. The van der Waals surface area contributed by atoms with E-state index in [-0.39, 0.29) is 6.71 Å². The fourth-order valence-electron chi connectivity index (χ4n) is 12.3. The van der Waals surface area contributed by atoms with Crippen molar-refractivity contribution in [2.75, 3.05) is 9.80 Å². The van der Waals surface area contributed by atoms with Crippen LogP contribution >= 0.6 is 0 Å². The monoisotopic (exact) mass is 899 g/mol. The smallest absolute Gasteiger partial charge is 0.252 e. The largest absolute Gasteiger partial charge is 0.311 e. The van der Waals surface area contributed by atoms with Crippen molar-refractivity contribution in [2.45, 2.75) is 0 Å². The Balaban J connectivity index is 1.09. The minimum absolute atomic E-state index is 0.138. The number of fused-ring (bicyclic) bond motifs is 6. The Kier molecular flexibility index (Phi) is 7.91. The van der Waals surface area contributed by atoms with E-state index in [4.69, 9.17) is 15.0 Å². The lowest BCUT2D eigenvalue weighted by molar-refractivity contribution is 1.07. The quantitative estimate of drug-likeness (QED) is 0.127. The van der Waals surface area contributed by atoms with E-state index >= 15 is 0 Å². The summed E-state index contributed by atoms with van der Waals surface area (Å²) in [5, 5.41) is 15.1. The Bertz CT molecular complexity index is 4160. The predicted octanol–water partition coefficient (Wildman–Crippen LogP) is 14.7. The van der Waals surface area contributed by atoms with Gasteiger partial charge in [-0.15, -0.1) is 0 Å². The molecule has 0 unspecified atom stereocenters. The van der Waals surface area contributed by atoms with Gasteiger partial charge in [-0.1, -0.05) is 194 Å². The highest BCUT2D eigenvalue weighted by Gasteiger charge is 2.45. The Labute approximate surface area is 409 Å². The van der Waals surface area contributed by atoms with Crippen LogP contribution in [0.15, 0.2) is 231 Å². The van der Waals surface area contributed by atoms with Gasteiger partial charge in [-0.3, -0.25) is 0 Å². The van der Waals surface area contributed by atoms with Gasteiger partial charge in [0.05, 0.1) is 0 Å². The van der Waals surface area contributed by atoms with E-state index in [1.807, 2.05) is 36.4 Å². The number of hydrogen-bond acceptors (Lipinski definition) is 5. The average Bonchev–Trinajstić information content (AvgIpc) is 3.44. The molecule has 5 nitrogen and oxygen atoms in total. The predicted molar refractivity (Wildman–Crippen MR) is 298 cm³/mol. The molecule has 3 heterocycles. The van der Waals surface area contributed by atoms with Crippen LogP contribution in [-0.2, 0) is 0 Å². The number of nitrogens with zero attached hydrogens (tertiary/aromatic N) is 5. The maximum atomic E-state index is 5.40. The summed E-state index contributed by atoms with van der Waals surface area (Å²) >= 11 is 0. The summed E-state index contributed by atoms with van der Waals surface area (Å²) in [6.07, 6.45) is 0. The summed E-state index contributed by atoms with van der Waals surface area (Å²) in [5.41, 5.74) is 13.3. The third-order valence-electron chi connectivity index (χ3n) is 15.3. The van der Waals surface area contributed by atoms with Gasteiger partial charge in [0, 0.05) is 61.6 Å². The van der Waals surface area contributed by atoms with Crippen LogP contribution in [0.3, 0.4) is 0 Å². The molecule has 326 valence electrons. The van der Waals surface area contributed by atoms with E-state index in [1.165, 1.54) is 92.4 Å². The lowest BCUT2D eigenvalue weighted by Crippen LogP contribution is -2.61. The molecule has 0 fully saturated rings. The fourth-order valence-corrected chi connectivity index (χ4v) is 12.3. The van der Waals surface area contributed by atoms with Crippen molar-refractivity contribution in [3.63, 3.8) is 0 Å². The third kappa shape index (κ3) is 5.50. The van der Waals surface area contributed by atoms with Gasteiger partial charge in [-0.2, -0.15) is 0 Å². The van der Waals surface area contributed by atoms with Crippen molar-refractivity contribution in [3.05, 3.63) is 231 Å². The van der Waals surface area contributed by atoms with Crippen LogP contribution in [-0.4, -0.2) is 21.7 Å². The van der Waals surface area contributed by atoms with E-state index in [1.54, 1.807) is 0 Å². The highest BCUT2D eigenvalue weighted by atomic mass is 15.2. The summed E-state index contributed by atoms with van der Waals surface area (Å²) in [6.45, 7) is -0.138. The Morgan fingerprint density at radius 3 is 1.08 bits per heavy atom. The summed E-state index contributed by atoms with van der Waals surface area (Å²) in [5.74, 6) is 1.86. The molecule has 2 aliphatic heterocycles. The second-order valence-corrected chi connectivity index (χ2v) is 19.1. The fraction of sp³-hybridized carbons (Fsp3) is 0. The molecule has 13 aromatic carbocycles. The molecular formula is C65H38BN5. The van der Waals surface area contributed by atoms with Gasteiger partial charge >= 0.3 is 0 Å². The van der Waals surface area contributed by atoms with Crippen LogP contribution in [0.4, 0.5) is 34.1 Å². The van der Waals surface area contributed by atoms with Crippen LogP contribution in [0.1, 0.15) is 0 Å². The zero-order valence-corrected chi connectivity index (χ0v) is 38.3. The Morgan fingerprint density at radius 2 is 0.662 bits per heavy atom. The highest BCUT2D eigenvalue weighted by molar-refractivity contribution is 7.01. The standard InChI is InChI=1S/C65H38BN5/c1-5-15-43(16-6-1)63-67-64(44-17-7-2-8-18-44)69-65(68-63)47-37-54-60-55(38-47)71(49-25-11-4-12-26-49)62-51-34-32-42-22-14-20-40-28-30-46(59(51)57(40)42)36-53(62)66(60)52-35-45-29-27-39-19-13-21-41-31-33-50(58(45)56(39)41)61(52)70(54)48-23-9-3-10-24-48/h1-38H. The molecule has 16 rings (SSSR count). The molecule has 0 aliphatic carbocycles. The highest BCUT2D eigenvalue weighted by Crippen LogP contribution is 2.51. The second kappa shape index (κ2) is 14.6. The second-order valence-electron chi connectivity index (χ2n) is 19.1. The molecule has 0 saturated heterocycles. The Hall–Kier alpha value is -9.39. The molecule has 2 aliphatic rings. The topological polar surface area (TPSA) is 45.2 Å². The van der Waals surface area contributed by atoms with E-state index in [2.05, 4.69) is 204 Å². The molecule has 0 amide bonds. The van der Waals surface area contributed by atoms with Gasteiger partial charge in [-0.05, 0) is 107 Å². The number of hydrogen-bond donors (Lipinski definition) is 0. The summed E-state index contributed by atoms with van der Waals surface area (Å²) in [7, 11) is 0. The molecule has 71 heavy (non-hydrogen) atoms. The van der Waals surface area contributed by atoms with E-state index < -0.39 is 0 Å². The first-order valence-electron chi connectivity index (χ1n) is 24.4. The zero-order valence-electron chi connectivity index (χ0n) is 38.3. The van der Waals surface area contributed by atoms with Gasteiger partial charge in [0.1, 0.15) is 0 Å². The van der Waals surface area contributed by atoms with E-state index in [0.29, 0.717) is 17.5 Å². The SMILES string of the molecule is c1ccc(-c2nc(-c3ccccc3)nc(-c3cc4c5c(c3)N(c3ccccc3)c3c(cc6ccc7cccc8ccc3c6c78)B5c3cc5ccc6cccc7ccc(c3N4c3ccccc3)c5c67)n2)cc1. The minimum Gasteiger partial charge on any atom is -0.311 e. The minimum atomic E-state index is -0.138. The van der Waals surface area contributed by atoms with Gasteiger partial charge in [0.25, 0.3) is 6.71 Å². The average molecular weight is 900 g/mol. The lowest BCUT2D eigenvalue weighted by atomic mass is 9.33. The van der Waals surface area contributed by atoms with Gasteiger partial charge in [0.15, 0.2) is 17.5 Å². The first-order valence-corrected chi connectivity index (χ1v) is 24.4. The van der Waals surface area contributed by atoms with E-state index in [0.717, 1.165) is 39.4 Å². The number of anilines is 6. The van der Waals surface area contributed by atoms with Crippen molar-refractivity contribution < 1.29 is 0 Å². The number of benzene rings is 13. The summed E-state index contributed by atoms with van der Waals surface area (Å²) in [6, 6.07) is 84.2. The van der Waals surface area contributed by atoms with Gasteiger partial charge in [-0.25, -0.2) is 15.0 Å². The molecule has 0 atom stereocenters. The maximum Gasteiger partial charge on any atom is 0.252 e. The molecule has 0 saturated carbocycles. The maximum absolute atomic E-state index is 5.40. The van der Waals surface area contributed by atoms with Crippen LogP contribution in [0.25, 0.3) is 98.8 Å². The molecule has 14 aromatic rings. The van der Waals surface area contributed by atoms with Crippen LogP contribution < -0.4 is 26.2 Å². The van der Waals surface area contributed by atoms with Crippen molar-refractivity contribution in [1.29, 1.82) is 0 Å². The van der Waals surface area contributed by atoms with Crippen LogP contribution in [0.5, 0.6) is 0 Å². The third-order valence-corrected chi connectivity index (χ3v) is 15.3. The first kappa shape index (κ1) is 38.6. The molecule has 0 N–H and O–H groups in total. The molecule has 0 radical (unpaired) electrons. The van der Waals surface area contributed by atoms with Crippen LogP contribution in [0, 0.1) is 0 Å². The molecular weight excluding hydrogens is 862 g/mol. The molecule has 6 heteroatoms. The summed E-state index contributed by atoms with van der Waals surface area (Å²) in [4.78, 5) is 21.0. The first-order chi connectivity index (χ1) is 35.2. The van der Waals surface area contributed by atoms with Crippen molar-refractivity contribution in [1.82, 2.24) is 15.0 Å². The van der Waals surface area contributed by atoms with Crippen molar-refractivity contribution in [2.24, 2.45) is 0 Å². The number of rotatable bonds is 5. The van der Waals surface area contributed by atoms with E-state index in [9.17, 15) is 0 Å².